The number of nitrogens with zero attached hydrogens (tertiary/aromatic N) is 1. The Morgan fingerprint density at radius 3 is 2.93 bits per heavy atom. The number of aromatic nitrogens is 1. The van der Waals surface area contributed by atoms with Gasteiger partial charge in [0.25, 0.3) is 5.91 Å². The molecular weight excluding hydrogens is 418 g/mol. The van der Waals surface area contributed by atoms with Gasteiger partial charge in [-0.2, -0.15) is 0 Å². The van der Waals surface area contributed by atoms with Gasteiger partial charge in [0.05, 0.1) is 18.2 Å². The Morgan fingerprint density at radius 2 is 2.21 bits per heavy atom. The van der Waals surface area contributed by atoms with Crippen molar-refractivity contribution in [3.63, 3.8) is 0 Å². The number of ether oxygens (including phenoxy) is 2. The standard InChI is InChI=1S/C19H22ClN3O5S/c1-27-19-14(4-2-8-21-19)11-22-18(24)13-6-7-16(20)17(10-13)29(25,26)23-12-15-5-3-9-28-15/h2,4,6-8,10,15,23H,3,5,9,11-12H2,1H3,(H,22,24). The minimum Gasteiger partial charge on any atom is -0.481 e. The van der Waals surface area contributed by atoms with Crippen molar-refractivity contribution in [2.75, 3.05) is 20.3 Å². The number of hydrogen-bond donors (Lipinski definition) is 2. The van der Waals surface area contributed by atoms with Crippen LogP contribution in [0, 0.1) is 0 Å². The van der Waals surface area contributed by atoms with E-state index in [4.69, 9.17) is 21.1 Å². The molecule has 1 aliphatic heterocycles. The molecule has 0 radical (unpaired) electrons. The van der Waals surface area contributed by atoms with Gasteiger partial charge in [-0.15, -0.1) is 0 Å². The molecule has 0 bridgehead atoms. The number of benzene rings is 1. The highest BCUT2D eigenvalue weighted by molar-refractivity contribution is 7.89. The van der Waals surface area contributed by atoms with Crippen LogP contribution in [0.15, 0.2) is 41.4 Å². The van der Waals surface area contributed by atoms with Crippen molar-refractivity contribution >= 4 is 27.5 Å². The molecule has 1 aromatic carbocycles. The number of nitrogens with one attached hydrogen (secondary N) is 2. The molecule has 29 heavy (non-hydrogen) atoms. The molecular formula is C19H22ClN3O5S. The van der Waals surface area contributed by atoms with Crippen molar-refractivity contribution < 1.29 is 22.7 Å². The maximum absolute atomic E-state index is 12.6. The highest BCUT2D eigenvalue weighted by Crippen LogP contribution is 2.23. The summed E-state index contributed by atoms with van der Waals surface area (Å²) in [5, 5.41) is 2.76. The summed E-state index contributed by atoms with van der Waals surface area (Å²) in [7, 11) is -2.39. The lowest BCUT2D eigenvalue weighted by Gasteiger charge is -2.13. The fourth-order valence-electron chi connectivity index (χ4n) is 2.96. The largest absolute Gasteiger partial charge is 0.481 e. The lowest BCUT2D eigenvalue weighted by atomic mass is 10.2. The third kappa shape index (κ3) is 5.45. The number of carbonyl (C=O) groups is 1. The minimum absolute atomic E-state index is 0.0373. The fraction of sp³-hybridized carbons (Fsp3) is 0.368. The van der Waals surface area contributed by atoms with Gasteiger partial charge in [-0.3, -0.25) is 4.79 Å². The Hall–Kier alpha value is -2.20. The van der Waals surface area contributed by atoms with Crippen LogP contribution >= 0.6 is 11.6 Å². The molecule has 2 heterocycles. The Kier molecular flexibility index (Phi) is 7.07. The fourth-order valence-corrected chi connectivity index (χ4v) is 4.55. The molecule has 10 heteroatoms. The predicted molar refractivity (Wildman–Crippen MR) is 108 cm³/mol. The van der Waals surface area contributed by atoms with E-state index < -0.39 is 15.9 Å². The van der Waals surface area contributed by atoms with Crippen LogP contribution in [0.25, 0.3) is 0 Å². The molecule has 1 aliphatic rings. The third-order valence-corrected chi connectivity index (χ3v) is 6.40. The first kappa shape index (κ1) is 21.5. The number of hydrogen-bond acceptors (Lipinski definition) is 6. The summed E-state index contributed by atoms with van der Waals surface area (Å²) in [6.07, 6.45) is 3.15. The molecule has 2 aromatic rings. The molecule has 0 aliphatic carbocycles. The predicted octanol–water partition coefficient (Wildman–Crippen LogP) is 2.13. The van der Waals surface area contributed by atoms with E-state index in [0.717, 1.165) is 12.8 Å². The Morgan fingerprint density at radius 1 is 1.38 bits per heavy atom. The van der Waals surface area contributed by atoms with Crippen LogP contribution in [-0.2, 0) is 21.3 Å². The van der Waals surface area contributed by atoms with Crippen LogP contribution in [0.1, 0.15) is 28.8 Å². The Balaban J connectivity index is 1.71. The number of carbonyl (C=O) groups excluding carboxylic acids is 1. The smallest absolute Gasteiger partial charge is 0.251 e. The van der Waals surface area contributed by atoms with Crippen molar-refractivity contribution in [2.45, 2.75) is 30.4 Å². The van der Waals surface area contributed by atoms with E-state index in [0.29, 0.717) is 18.1 Å². The number of sulfonamides is 1. The van der Waals surface area contributed by atoms with E-state index in [2.05, 4.69) is 15.0 Å². The van der Waals surface area contributed by atoms with Crippen molar-refractivity contribution in [2.24, 2.45) is 0 Å². The molecule has 3 rings (SSSR count). The second-order valence-corrected chi connectivity index (χ2v) is 8.63. The van der Waals surface area contributed by atoms with Gasteiger partial charge in [-0.1, -0.05) is 17.7 Å². The van der Waals surface area contributed by atoms with Crippen molar-refractivity contribution in [1.29, 1.82) is 0 Å². The van der Waals surface area contributed by atoms with Crippen molar-refractivity contribution in [3.8, 4) is 5.88 Å². The second kappa shape index (κ2) is 9.53. The van der Waals surface area contributed by atoms with Crippen molar-refractivity contribution in [1.82, 2.24) is 15.0 Å². The highest BCUT2D eigenvalue weighted by Gasteiger charge is 2.23. The van der Waals surface area contributed by atoms with Gasteiger partial charge in [0.1, 0.15) is 4.90 Å². The van der Waals surface area contributed by atoms with Crippen LogP contribution in [0.2, 0.25) is 5.02 Å². The minimum atomic E-state index is -3.88. The summed E-state index contributed by atoms with van der Waals surface area (Å²) in [5.41, 5.74) is 0.873. The van der Waals surface area contributed by atoms with E-state index in [1.165, 1.54) is 25.3 Å². The quantitative estimate of drug-likeness (QED) is 0.652. The summed E-state index contributed by atoms with van der Waals surface area (Å²) in [6, 6.07) is 7.63. The highest BCUT2D eigenvalue weighted by atomic mass is 35.5. The molecule has 0 spiro atoms. The van der Waals surface area contributed by atoms with Crippen LogP contribution in [-0.4, -0.2) is 45.7 Å². The van der Waals surface area contributed by atoms with Gasteiger partial charge in [0, 0.05) is 37.0 Å². The molecule has 1 saturated heterocycles. The van der Waals surface area contributed by atoms with E-state index in [-0.39, 0.29) is 34.7 Å². The average molecular weight is 440 g/mol. The number of pyridine rings is 1. The first-order chi connectivity index (χ1) is 13.9. The molecule has 1 aromatic heterocycles. The zero-order valence-electron chi connectivity index (χ0n) is 15.9. The normalized spacial score (nSPS) is 16.6. The third-order valence-electron chi connectivity index (χ3n) is 4.49. The van der Waals surface area contributed by atoms with Gasteiger partial charge in [0.15, 0.2) is 0 Å². The summed E-state index contributed by atoms with van der Waals surface area (Å²) in [4.78, 5) is 16.4. The summed E-state index contributed by atoms with van der Waals surface area (Å²) in [6.45, 7) is 0.970. The topological polar surface area (TPSA) is 107 Å². The molecule has 1 amide bonds. The zero-order valence-corrected chi connectivity index (χ0v) is 17.4. The number of halogens is 1. The summed E-state index contributed by atoms with van der Waals surface area (Å²) < 4.78 is 38.4. The van der Waals surface area contributed by atoms with Gasteiger partial charge < -0.3 is 14.8 Å². The Bertz CT molecular complexity index is 978. The lowest BCUT2D eigenvalue weighted by Crippen LogP contribution is -2.32. The summed E-state index contributed by atoms with van der Waals surface area (Å²) in [5.74, 6) is -0.0337. The first-order valence-corrected chi connectivity index (χ1v) is 10.9. The first-order valence-electron chi connectivity index (χ1n) is 9.07. The monoisotopic (exact) mass is 439 g/mol. The maximum Gasteiger partial charge on any atom is 0.251 e. The van der Waals surface area contributed by atoms with E-state index in [1.807, 2.05) is 0 Å². The number of methoxy groups -OCH3 is 1. The van der Waals surface area contributed by atoms with Crippen LogP contribution in [0.4, 0.5) is 0 Å². The van der Waals surface area contributed by atoms with Crippen LogP contribution in [0.3, 0.4) is 0 Å². The summed E-state index contributed by atoms with van der Waals surface area (Å²) >= 11 is 6.09. The molecule has 8 nitrogen and oxygen atoms in total. The maximum atomic E-state index is 12.6. The zero-order chi connectivity index (χ0) is 20.9. The molecule has 0 saturated carbocycles. The second-order valence-electron chi connectivity index (χ2n) is 6.49. The number of amides is 1. The molecule has 156 valence electrons. The molecule has 1 unspecified atom stereocenters. The molecule has 1 atom stereocenters. The number of rotatable bonds is 8. The Labute approximate surface area is 174 Å². The van der Waals surface area contributed by atoms with Gasteiger partial charge >= 0.3 is 0 Å². The van der Waals surface area contributed by atoms with Crippen LogP contribution < -0.4 is 14.8 Å². The van der Waals surface area contributed by atoms with Crippen molar-refractivity contribution in [3.05, 3.63) is 52.7 Å². The SMILES string of the molecule is COc1ncccc1CNC(=O)c1ccc(Cl)c(S(=O)(=O)NCC2CCCO2)c1. The van der Waals surface area contributed by atoms with Gasteiger partial charge in [-0.25, -0.2) is 18.1 Å². The van der Waals surface area contributed by atoms with Gasteiger partial charge in [-0.05, 0) is 37.1 Å². The molecule has 1 fully saturated rings. The van der Waals surface area contributed by atoms with E-state index >= 15 is 0 Å². The van der Waals surface area contributed by atoms with Crippen LogP contribution in [0.5, 0.6) is 5.88 Å². The van der Waals surface area contributed by atoms with Gasteiger partial charge in [0.2, 0.25) is 15.9 Å². The van der Waals surface area contributed by atoms with E-state index in [1.54, 1.807) is 18.3 Å². The average Bonchev–Trinajstić information content (AvgIpc) is 3.25. The van der Waals surface area contributed by atoms with E-state index in [9.17, 15) is 13.2 Å². The lowest BCUT2D eigenvalue weighted by molar-refractivity contribution is 0.0950. The molecule has 2 N–H and O–H groups in total.